The van der Waals surface area contributed by atoms with Gasteiger partial charge in [-0.3, -0.25) is 9.48 Å². The van der Waals surface area contributed by atoms with Gasteiger partial charge in [0.15, 0.2) is 0 Å². The van der Waals surface area contributed by atoms with E-state index in [1.807, 2.05) is 20.3 Å². The van der Waals surface area contributed by atoms with Crippen LogP contribution in [0.4, 0.5) is 0 Å². The third kappa shape index (κ3) is 6.79. The number of carbonyl (C=O) groups is 1. The van der Waals surface area contributed by atoms with Gasteiger partial charge in [0.05, 0.1) is 12.0 Å². The number of piperidine rings is 1. The maximum Gasteiger partial charge on any atom is 0.251 e. The summed E-state index contributed by atoms with van der Waals surface area (Å²) < 4.78 is 1.68. The van der Waals surface area contributed by atoms with Crippen molar-refractivity contribution in [1.29, 1.82) is 0 Å². The first-order valence-electron chi connectivity index (χ1n) is 11.8. The molecule has 0 unspecified atom stereocenters. The summed E-state index contributed by atoms with van der Waals surface area (Å²) in [4.78, 5) is 14.7. The first-order chi connectivity index (χ1) is 16.3. The molecule has 3 rings (SSSR count). The van der Waals surface area contributed by atoms with Crippen LogP contribution in [0.15, 0.2) is 48.6 Å². The van der Waals surface area contributed by atoms with Gasteiger partial charge in [0, 0.05) is 66.3 Å². The van der Waals surface area contributed by atoms with Gasteiger partial charge in [-0.05, 0) is 70.9 Å². The van der Waals surface area contributed by atoms with Crippen LogP contribution in [-0.4, -0.2) is 49.9 Å². The van der Waals surface area contributed by atoms with E-state index in [4.69, 9.17) is 11.5 Å². The number of benzene rings is 1. The quantitative estimate of drug-likeness (QED) is 0.383. The Kier molecular flexibility index (Phi) is 7.50. The van der Waals surface area contributed by atoms with Crippen LogP contribution in [0.5, 0.6) is 5.75 Å². The van der Waals surface area contributed by atoms with Crippen LogP contribution < -0.4 is 22.1 Å². The normalized spacial score (nSPS) is 18.3. The fraction of sp³-hybridized carbons (Fsp3) is 0.462. The van der Waals surface area contributed by atoms with Crippen LogP contribution in [0.3, 0.4) is 0 Å². The second-order valence-corrected chi connectivity index (χ2v) is 10.7. The van der Waals surface area contributed by atoms with Gasteiger partial charge < -0.3 is 32.1 Å². The second-order valence-electron chi connectivity index (χ2n) is 10.7. The number of nitrogens with one attached hydrogen (secondary N) is 2. The molecule has 35 heavy (non-hydrogen) atoms. The summed E-state index contributed by atoms with van der Waals surface area (Å²) in [5, 5.41) is 21.0. The number of hydrogen-bond acceptors (Lipinski definition) is 7. The number of hydrogen-bond donors (Lipinski definition) is 5. The van der Waals surface area contributed by atoms with Gasteiger partial charge in [0.25, 0.3) is 5.91 Å². The number of aromatic hydroxyl groups is 1. The van der Waals surface area contributed by atoms with Crippen molar-refractivity contribution >= 4 is 11.6 Å². The third-order valence-corrected chi connectivity index (χ3v) is 6.34. The average Bonchev–Trinajstić information content (AvgIpc) is 3.18. The molecular formula is C26H39N7O2. The Labute approximate surface area is 207 Å². The second kappa shape index (κ2) is 10.0. The number of phenols is 1. The van der Waals surface area contributed by atoms with Crippen molar-refractivity contribution in [3.05, 3.63) is 65.3 Å². The van der Waals surface area contributed by atoms with E-state index < -0.39 is 0 Å². The van der Waals surface area contributed by atoms with Crippen molar-refractivity contribution < 1.29 is 9.90 Å². The minimum atomic E-state index is -0.270. The Hall–Kier alpha value is -3.46. The van der Waals surface area contributed by atoms with Crippen molar-refractivity contribution in [2.75, 3.05) is 7.05 Å². The Morgan fingerprint density at radius 2 is 1.91 bits per heavy atom. The summed E-state index contributed by atoms with van der Waals surface area (Å²) in [5.41, 5.74) is 14.6. The largest absolute Gasteiger partial charge is 0.507 e. The Bertz CT molecular complexity index is 1110. The number of nitrogens with two attached hydrogens (primary N) is 2. The summed E-state index contributed by atoms with van der Waals surface area (Å²) >= 11 is 0. The molecule has 0 radical (unpaired) electrons. The van der Waals surface area contributed by atoms with Crippen LogP contribution in [-0.2, 0) is 13.6 Å². The molecule has 1 fully saturated rings. The van der Waals surface area contributed by atoms with E-state index in [9.17, 15) is 9.90 Å². The Balaban J connectivity index is 1.72. The number of allylic oxidation sites excluding steroid dienone is 2. The lowest BCUT2D eigenvalue weighted by Gasteiger charge is -2.49. The molecule has 0 spiro atoms. The van der Waals surface area contributed by atoms with Crippen molar-refractivity contribution in [2.24, 2.45) is 18.5 Å². The van der Waals surface area contributed by atoms with Gasteiger partial charge >= 0.3 is 0 Å². The van der Waals surface area contributed by atoms with E-state index in [-0.39, 0.29) is 28.8 Å². The predicted octanol–water partition coefficient (Wildman–Crippen LogP) is 2.40. The molecule has 0 bridgehead atoms. The number of amides is 1. The fourth-order valence-corrected chi connectivity index (χ4v) is 4.89. The van der Waals surface area contributed by atoms with Crippen LogP contribution in [0, 0.1) is 0 Å². The number of carbonyl (C=O) groups excluding carboxylic acids is 1. The highest BCUT2D eigenvalue weighted by molar-refractivity contribution is 5.95. The fourth-order valence-electron chi connectivity index (χ4n) is 4.89. The zero-order valence-corrected chi connectivity index (χ0v) is 21.6. The smallest absolute Gasteiger partial charge is 0.251 e. The highest BCUT2D eigenvalue weighted by atomic mass is 16.3. The number of aryl methyl sites for hydroxylation is 1. The predicted molar refractivity (Wildman–Crippen MR) is 139 cm³/mol. The van der Waals surface area contributed by atoms with Gasteiger partial charge in [-0.2, -0.15) is 5.10 Å². The molecule has 1 aliphatic rings. The van der Waals surface area contributed by atoms with Crippen molar-refractivity contribution in [3.8, 4) is 5.75 Å². The minimum Gasteiger partial charge on any atom is -0.507 e. The zero-order valence-electron chi connectivity index (χ0n) is 21.6. The highest BCUT2D eigenvalue weighted by Gasteiger charge is 2.39. The summed E-state index contributed by atoms with van der Waals surface area (Å²) in [6, 6.07) is 4.87. The third-order valence-electron chi connectivity index (χ3n) is 6.34. The molecule has 0 atom stereocenters. The maximum absolute atomic E-state index is 12.6. The molecule has 190 valence electrons. The van der Waals surface area contributed by atoms with E-state index in [0.29, 0.717) is 29.2 Å². The molecule has 0 saturated carbocycles. The zero-order chi connectivity index (χ0) is 26.0. The molecule has 2 aromatic rings. The van der Waals surface area contributed by atoms with Gasteiger partial charge in [-0.25, -0.2) is 0 Å². The first-order valence-corrected chi connectivity index (χ1v) is 11.8. The summed E-state index contributed by atoms with van der Waals surface area (Å²) in [6.07, 6.45) is 8.85. The van der Waals surface area contributed by atoms with E-state index >= 15 is 0 Å². The van der Waals surface area contributed by atoms with Crippen LogP contribution in [0.1, 0.15) is 62.0 Å². The average molecular weight is 482 g/mol. The van der Waals surface area contributed by atoms with Crippen LogP contribution >= 0.6 is 0 Å². The molecule has 9 heteroatoms. The Morgan fingerprint density at radius 3 is 2.51 bits per heavy atom. The molecule has 1 aromatic carbocycles. The topological polar surface area (TPSA) is 134 Å². The molecule has 7 N–H and O–H groups in total. The number of nitrogens with zero attached hydrogens (tertiary/aromatic N) is 3. The number of rotatable bonds is 7. The van der Waals surface area contributed by atoms with E-state index in [1.165, 1.54) is 6.07 Å². The van der Waals surface area contributed by atoms with E-state index in [0.717, 1.165) is 18.4 Å². The molecule has 1 amide bonds. The molecule has 1 aromatic heterocycles. The van der Waals surface area contributed by atoms with E-state index in [1.54, 1.807) is 35.2 Å². The molecule has 1 saturated heterocycles. The van der Waals surface area contributed by atoms with Crippen molar-refractivity contribution in [1.82, 2.24) is 25.3 Å². The van der Waals surface area contributed by atoms with Gasteiger partial charge in [0.1, 0.15) is 5.75 Å². The summed E-state index contributed by atoms with van der Waals surface area (Å²) in [5.74, 6) is 0.301. The minimum absolute atomic E-state index is 0.000348. The lowest BCUT2D eigenvalue weighted by atomic mass is 9.79. The standard InChI is InChI=1S/C26H39N7O2/c1-25(2)12-19(13-26(3,4)31-25)33(6)23(28)10-8-21(27)20-11-18(7-9-22(20)34)24(35)29-14-17-15-30-32(5)16-17/h7-11,15-16,19,31,34H,12-14,27-28H2,1-6H3,(H,29,35)/b21-8-,23-10+. The van der Waals surface area contributed by atoms with Gasteiger partial charge in [-0.15, -0.1) is 0 Å². The van der Waals surface area contributed by atoms with Crippen molar-refractivity contribution in [3.63, 3.8) is 0 Å². The number of aromatic nitrogens is 2. The molecular weight excluding hydrogens is 442 g/mol. The van der Waals surface area contributed by atoms with Gasteiger partial charge in [-0.1, -0.05) is 0 Å². The van der Waals surface area contributed by atoms with Gasteiger partial charge in [0.2, 0.25) is 0 Å². The lowest BCUT2D eigenvalue weighted by Crippen LogP contribution is -2.61. The molecule has 0 aliphatic carbocycles. The van der Waals surface area contributed by atoms with Crippen LogP contribution in [0.25, 0.3) is 5.70 Å². The number of phenolic OH excluding ortho intramolecular Hbond substituents is 1. The van der Waals surface area contributed by atoms with Crippen molar-refractivity contribution in [2.45, 2.75) is 64.2 Å². The molecule has 9 nitrogen and oxygen atoms in total. The molecule has 2 heterocycles. The highest BCUT2D eigenvalue weighted by Crippen LogP contribution is 2.32. The lowest BCUT2D eigenvalue weighted by molar-refractivity contribution is 0.0949. The summed E-state index contributed by atoms with van der Waals surface area (Å²) in [6.45, 7) is 9.17. The first kappa shape index (κ1) is 26.2. The summed E-state index contributed by atoms with van der Waals surface area (Å²) in [7, 11) is 3.81. The van der Waals surface area contributed by atoms with E-state index in [2.05, 4.69) is 48.3 Å². The Morgan fingerprint density at radius 1 is 1.26 bits per heavy atom. The monoisotopic (exact) mass is 481 g/mol. The molecule has 1 aliphatic heterocycles. The SMILES string of the molecule is CN(/C(N)=C/C=C(\N)c1cc(C(=O)NCc2cnn(C)c2)ccc1O)C1CC(C)(C)NC(C)(C)C1. The van der Waals surface area contributed by atoms with Crippen LogP contribution in [0.2, 0.25) is 0 Å². The maximum atomic E-state index is 12.6.